The van der Waals surface area contributed by atoms with E-state index in [0.29, 0.717) is 5.69 Å². The standard InChI is InChI=1S/C17H21N3O4/c1-17(2,3)16(24)18-9-14(21)19-12-4-5-13-11(8-12)6-7-20(13)10-15(22)23/h4-8H,9-10H2,1-3H3,(H,18,24)(H,19,21)(H,22,23). The molecule has 128 valence electrons. The molecule has 24 heavy (non-hydrogen) atoms. The van der Waals surface area contributed by atoms with Crippen LogP contribution in [0.15, 0.2) is 30.5 Å². The van der Waals surface area contributed by atoms with Crippen LogP contribution in [0.1, 0.15) is 20.8 Å². The molecule has 2 aromatic rings. The first kappa shape index (κ1) is 17.5. The van der Waals surface area contributed by atoms with Crippen molar-refractivity contribution in [3.05, 3.63) is 30.5 Å². The van der Waals surface area contributed by atoms with Crippen molar-refractivity contribution in [1.82, 2.24) is 9.88 Å². The summed E-state index contributed by atoms with van der Waals surface area (Å²) in [7, 11) is 0. The molecule has 0 bridgehead atoms. The normalized spacial score (nSPS) is 11.3. The van der Waals surface area contributed by atoms with Crippen molar-refractivity contribution in [3.8, 4) is 0 Å². The molecule has 0 saturated heterocycles. The molecular weight excluding hydrogens is 310 g/mol. The zero-order chi connectivity index (χ0) is 17.9. The summed E-state index contributed by atoms with van der Waals surface area (Å²) in [6.07, 6.45) is 1.69. The third-order valence-electron chi connectivity index (χ3n) is 3.45. The number of hydrogen-bond donors (Lipinski definition) is 3. The summed E-state index contributed by atoms with van der Waals surface area (Å²) in [5.41, 5.74) is 0.814. The number of benzene rings is 1. The van der Waals surface area contributed by atoms with Crippen LogP contribution in [-0.4, -0.2) is 34.0 Å². The third-order valence-corrected chi connectivity index (χ3v) is 3.45. The number of carbonyl (C=O) groups excluding carboxylic acids is 2. The van der Waals surface area contributed by atoms with Crippen molar-refractivity contribution in [3.63, 3.8) is 0 Å². The van der Waals surface area contributed by atoms with Crippen LogP contribution in [0.5, 0.6) is 0 Å². The summed E-state index contributed by atoms with van der Waals surface area (Å²) >= 11 is 0. The number of nitrogens with one attached hydrogen (secondary N) is 2. The van der Waals surface area contributed by atoms with E-state index in [9.17, 15) is 14.4 Å². The summed E-state index contributed by atoms with van der Waals surface area (Å²) in [6.45, 7) is 5.10. The molecule has 1 aromatic carbocycles. The van der Waals surface area contributed by atoms with Gasteiger partial charge in [-0.1, -0.05) is 20.8 Å². The maximum Gasteiger partial charge on any atom is 0.323 e. The van der Waals surface area contributed by atoms with E-state index in [2.05, 4.69) is 10.6 Å². The summed E-state index contributed by atoms with van der Waals surface area (Å²) in [4.78, 5) is 34.5. The molecule has 0 radical (unpaired) electrons. The van der Waals surface area contributed by atoms with E-state index < -0.39 is 11.4 Å². The van der Waals surface area contributed by atoms with Gasteiger partial charge in [-0.25, -0.2) is 0 Å². The fourth-order valence-corrected chi connectivity index (χ4v) is 2.19. The number of fused-ring (bicyclic) bond motifs is 1. The first-order chi connectivity index (χ1) is 11.2. The number of anilines is 1. The Bertz CT molecular complexity index is 787. The highest BCUT2D eigenvalue weighted by Gasteiger charge is 2.21. The van der Waals surface area contributed by atoms with E-state index in [4.69, 9.17) is 5.11 Å². The molecule has 0 aliphatic carbocycles. The molecule has 0 atom stereocenters. The topological polar surface area (TPSA) is 100 Å². The molecule has 1 heterocycles. The van der Waals surface area contributed by atoms with Crippen molar-refractivity contribution in [2.75, 3.05) is 11.9 Å². The minimum absolute atomic E-state index is 0.103. The van der Waals surface area contributed by atoms with Crippen LogP contribution in [-0.2, 0) is 20.9 Å². The van der Waals surface area contributed by atoms with E-state index in [1.165, 1.54) is 0 Å². The van der Waals surface area contributed by atoms with Crippen molar-refractivity contribution in [2.45, 2.75) is 27.3 Å². The van der Waals surface area contributed by atoms with E-state index in [0.717, 1.165) is 10.9 Å². The number of rotatable bonds is 5. The highest BCUT2D eigenvalue weighted by atomic mass is 16.4. The SMILES string of the molecule is CC(C)(C)C(=O)NCC(=O)Nc1ccc2c(ccn2CC(=O)O)c1. The zero-order valence-corrected chi connectivity index (χ0v) is 13.9. The molecule has 0 saturated carbocycles. The molecule has 3 N–H and O–H groups in total. The number of hydrogen-bond acceptors (Lipinski definition) is 3. The number of nitrogens with zero attached hydrogens (tertiary/aromatic N) is 1. The van der Waals surface area contributed by atoms with Gasteiger partial charge < -0.3 is 20.3 Å². The van der Waals surface area contributed by atoms with E-state index in [1.54, 1.807) is 55.8 Å². The number of aromatic nitrogens is 1. The summed E-state index contributed by atoms with van der Waals surface area (Å²) in [6, 6.07) is 7.00. The van der Waals surface area contributed by atoms with E-state index in [1.807, 2.05) is 0 Å². The lowest BCUT2D eigenvalue weighted by atomic mass is 9.96. The molecule has 0 spiro atoms. The number of aliphatic carboxylic acids is 1. The fraction of sp³-hybridized carbons (Fsp3) is 0.353. The molecule has 0 fully saturated rings. The lowest BCUT2D eigenvalue weighted by Crippen LogP contribution is -2.39. The van der Waals surface area contributed by atoms with Gasteiger partial charge >= 0.3 is 5.97 Å². The monoisotopic (exact) mass is 331 g/mol. The highest BCUT2D eigenvalue weighted by molar-refractivity contribution is 5.97. The molecular formula is C17H21N3O4. The Hall–Kier alpha value is -2.83. The van der Waals surface area contributed by atoms with Gasteiger partial charge in [0.15, 0.2) is 0 Å². The molecule has 2 amide bonds. The van der Waals surface area contributed by atoms with Crippen LogP contribution < -0.4 is 10.6 Å². The Morgan fingerprint density at radius 1 is 1.17 bits per heavy atom. The lowest BCUT2D eigenvalue weighted by Gasteiger charge is -2.17. The van der Waals surface area contributed by atoms with Crippen LogP contribution in [0.2, 0.25) is 0 Å². The fourth-order valence-electron chi connectivity index (χ4n) is 2.19. The van der Waals surface area contributed by atoms with Crippen molar-refractivity contribution in [2.24, 2.45) is 5.41 Å². The minimum atomic E-state index is -0.917. The van der Waals surface area contributed by atoms with Gasteiger partial charge in [0, 0.05) is 28.2 Å². The molecule has 2 rings (SSSR count). The average Bonchev–Trinajstić information content (AvgIpc) is 2.85. The van der Waals surface area contributed by atoms with Crippen LogP contribution >= 0.6 is 0 Å². The maximum atomic E-state index is 11.9. The maximum absolute atomic E-state index is 11.9. The highest BCUT2D eigenvalue weighted by Crippen LogP contribution is 2.20. The predicted molar refractivity (Wildman–Crippen MR) is 90.7 cm³/mol. The zero-order valence-electron chi connectivity index (χ0n) is 13.9. The Labute approximate surface area is 139 Å². The van der Waals surface area contributed by atoms with E-state index in [-0.39, 0.29) is 24.9 Å². The smallest absolute Gasteiger partial charge is 0.323 e. The van der Waals surface area contributed by atoms with Gasteiger partial charge in [0.25, 0.3) is 0 Å². The van der Waals surface area contributed by atoms with Gasteiger partial charge in [0.1, 0.15) is 6.54 Å². The van der Waals surface area contributed by atoms with Gasteiger partial charge in [-0.3, -0.25) is 14.4 Å². The molecule has 0 aliphatic rings. The Morgan fingerprint density at radius 2 is 1.88 bits per heavy atom. The largest absolute Gasteiger partial charge is 0.480 e. The van der Waals surface area contributed by atoms with Crippen LogP contribution in [0.25, 0.3) is 10.9 Å². The molecule has 0 unspecified atom stereocenters. The van der Waals surface area contributed by atoms with Crippen LogP contribution in [0.3, 0.4) is 0 Å². The number of amides is 2. The minimum Gasteiger partial charge on any atom is -0.480 e. The molecule has 7 heteroatoms. The first-order valence-electron chi connectivity index (χ1n) is 7.55. The number of carboxylic acids is 1. The van der Waals surface area contributed by atoms with Crippen LogP contribution in [0.4, 0.5) is 5.69 Å². The third kappa shape index (κ3) is 4.34. The average molecular weight is 331 g/mol. The summed E-state index contributed by atoms with van der Waals surface area (Å²) in [5.74, 6) is -1.43. The number of carboxylic acid groups (broad SMARTS) is 1. The second kappa shape index (κ2) is 6.74. The Balaban J connectivity index is 2.01. The van der Waals surface area contributed by atoms with Crippen molar-refractivity contribution >= 4 is 34.4 Å². The van der Waals surface area contributed by atoms with Gasteiger partial charge in [-0.2, -0.15) is 0 Å². The Kier molecular flexibility index (Phi) is 4.92. The van der Waals surface area contributed by atoms with Crippen LogP contribution in [0, 0.1) is 5.41 Å². The van der Waals surface area contributed by atoms with Gasteiger partial charge in [-0.15, -0.1) is 0 Å². The second-order valence-electron chi connectivity index (χ2n) is 6.59. The quantitative estimate of drug-likeness (QED) is 0.778. The predicted octanol–water partition coefficient (Wildman–Crippen LogP) is 1.83. The van der Waals surface area contributed by atoms with Gasteiger partial charge in [-0.05, 0) is 24.3 Å². The van der Waals surface area contributed by atoms with E-state index >= 15 is 0 Å². The molecule has 7 nitrogen and oxygen atoms in total. The second-order valence-corrected chi connectivity index (χ2v) is 6.59. The lowest BCUT2D eigenvalue weighted by molar-refractivity contribution is -0.137. The molecule has 0 aliphatic heterocycles. The van der Waals surface area contributed by atoms with Gasteiger partial charge in [0.2, 0.25) is 11.8 Å². The summed E-state index contributed by atoms with van der Waals surface area (Å²) < 4.78 is 1.62. The molecule has 1 aromatic heterocycles. The summed E-state index contributed by atoms with van der Waals surface area (Å²) in [5, 5.41) is 15.0. The van der Waals surface area contributed by atoms with Crippen molar-refractivity contribution in [1.29, 1.82) is 0 Å². The Morgan fingerprint density at radius 3 is 2.50 bits per heavy atom. The van der Waals surface area contributed by atoms with Crippen molar-refractivity contribution < 1.29 is 19.5 Å². The number of carbonyl (C=O) groups is 3. The first-order valence-corrected chi connectivity index (χ1v) is 7.55. The van der Waals surface area contributed by atoms with Gasteiger partial charge in [0.05, 0.1) is 6.54 Å².